The van der Waals surface area contributed by atoms with E-state index in [1.165, 1.54) is 5.56 Å². The molecule has 0 saturated carbocycles. The van der Waals surface area contributed by atoms with Crippen LogP contribution in [0.15, 0.2) is 36.4 Å². The molecule has 0 aliphatic carbocycles. The number of nitrogens with one attached hydrogen (secondary N) is 1. The molecule has 0 fully saturated rings. The van der Waals surface area contributed by atoms with Crippen molar-refractivity contribution in [2.45, 2.75) is 27.0 Å². The second kappa shape index (κ2) is 8.06. The van der Waals surface area contributed by atoms with Crippen molar-refractivity contribution in [1.29, 1.82) is 0 Å². The van der Waals surface area contributed by atoms with Crippen molar-refractivity contribution in [2.24, 2.45) is 0 Å². The van der Waals surface area contributed by atoms with Gasteiger partial charge in [0.1, 0.15) is 6.61 Å². The van der Waals surface area contributed by atoms with Gasteiger partial charge in [-0.15, -0.1) is 0 Å². The Morgan fingerprint density at radius 1 is 1.14 bits per heavy atom. The average molecular weight is 320 g/mol. The molecule has 4 heteroatoms. The van der Waals surface area contributed by atoms with E-state index in [1.54, 1.807) is 7.11 Å². The van der Waals surface area contributed by atoms with Gasteiger partial charge < -0.3 is 14.8 Å². The summed E-state index contributed by atoms with van der Waals surface area (Å²) in [5.74, 6) is 1.36. The third-order valence-corrected chi connectivity index (χ3v) is 3.73. The van der Waals surface area contributed by atoms with E-state index in [-0.39, 0.29) is 0 Å². The SMILES string of the molecule is CCNCc1cc(OC)c(OCc2cccc(C)c2)cc1Cl. The minimum Gasteiger partial charge on any atom is -0.493 e. The molecule has 118 valence electrons. The molecule has 0 aliphatic heterocycles. The molecule has 0 aromatic heterocycles. The largest absolute Gasteiger partial charge is 0.493 e. The quantitative estimate of drug-likeness (QED) is 0.823. The van der Waals surface area contributed by atoms with Crippen LogP contribution in [-0.4, -0.2) is 13.7 Å². The van der Waals surface area contributed by atoms with Crippen molar-refractivity contribution in [3.63, 3.8) is 0 Å². The normalized spacial score (nSPS) is 10.5. The Morgan fingerprint density at radius 3 is 2.64 bits per heavy atom. The van der Waals surface area contributed by atoms with Crippen molar-refractivity contribution in [3.8, 4) is 11.5 Å². The summed E-state index contributed by atoms with van der Waals surface area (Å²) in [6.07, 6.45) is 0. The van der Waals surface area contributed by atoms with Gasteiger partial charge in [0.15, 0.2) is 11.5 Å². The first-order valence-electron chi connectivity index (χ1n) is 7.39. The second-order valence-corrected chi connectivity index (χ2v) is 5.56. The zero-order valence-corrected chi connectivity index (χ0v) is 14.0. The molecule has 0 bridgehead atoms. The Morgan fingerprint density at radius 2 is 1.95 bits per heavy atom. The monoisotopic (exact) mass is 319 g/mol. The third kappa shape index (κ3) is 4.39. The van der Waals surface area contributed by atoms with Gasteiger partial charge >= 0.3 is 0 Å². The molecule has 22 heavy (non-hydrogen) atoms. The van der Waals surface area contributed by atoms with Crippen molar-refractivity contribution < 1.29 is 9.47 Å². The van der Waals surface area contributed by atoms with E-state index in [0.29, 0.717) is 29.7 Å². The minimum atomic E-state index is 0.487. The van der Waals surface area contributed by atoms with Crippen LogP contribution in [0.3, 0.4) is 0 Å². The summed E-state index contributed by atoms with van der Waals surface area (Å²) in [4.78, 5) is 0. The summed E-state index contributed by atoms with van der Waals surface area (Å²) < 4.78 is 11.3. The highest BCUT2D eigenvalue weighted by Gasteiger charge is 2.10. The van der Waals surface area contributed by atoms with E-state index in [2.05, 4.69) is 31.3 Å². The van der Waals surface area contributed by atoms with E-state index in [1.807, 2.05) is 24.3 Å². The number of methoxy groups -OCH3 is 1. The standard InChI is InChI=1S/C18H22ClNO2/c1-4-20-11-15-9-17(21-3)18(10-16(15)19)22-12-14-7-5-6-13(2)8-14/h5-10,20H,4,11-12H2,1-3H3. The van der Waals surface area contributed by atoms with Gasteiger partial charge in [0.25, 0.3) is 0 Å². The highest BCUT2D eigenvalue weighted by Crippen LogP contribution is 2.33. The first-order valence-corrected chi connectivity index (χ1v) is 7.77. The van der Waals surface area contributed by atoms with Gasteiger partial charge in [0.05, 0.1) is 7.11 Å². The van der Waals surface area contributed by atoms with Crippen molar-refractivity contribution in [2.75, 3.05) is 13.7 Å². The van der Waals surface area contributed by atoms with Crippen LogP contribution in [0.2, 0.25) is 5.02 Å². The van der Waals surface area contributed by atoms with E-state index >= 15 is 0 Å². The number of hydrogen-bond donors (Lipinski definition) is 1. The van der Waals surface area contributed by atoms with Crippen molar-refractivity contribution >= 4 is 11.6 Å². The van der Waals surface area contributed by atoms with Crippen LogP contribution in [0.1, 0.15) is 23.6 Å². The van der Waals surface area contributed by atoms with Gasteiger partial charge in [-0.25, -0.2) is 0 Å². The predicted octanol–water partition coefficient (Wildman–Crippen LogP) is 4.35. The molecule has 0 amide bonds. The fourth-order valence-electron chi connectivity index (χ4n) is 2.21. The van der Waals surface area contributed by atoms with Gasteiger partial charge in [0, 0.05) is 17.6 Å². The fraction of sp³-hybridized carbons (Fsp3) is 0.333. The zero-order valence-electron chi connectivity index (χ0n) is 13.3. The highest BCUT2D eigenvalue weighted by molar-refractivity contribution is 6.31. The smallest absolute Gasteiger partial charge is 0.163 e. The lowest BCUT2D eigenvalue weighted by atomic mass is 10.1. The van der Waals surface area contributed by atoms with Crippen molar-refractivity contribution in [3.05, 3.63) is 58.1 Å². The summed E-state index contributed by atoms with van der Waals surface area (Å²) in [6, 6.07) is 12.0. The van der Waals surface area contributed by atoms with Crippen molar-refractivity contribution in [1.82, 2.24) is 5.32 Å². The molecule has 3 nitrogen and oxygen atoms in total. The van der Waals surface area contributed by atoms with E-state index < -0.39 is 0 Å². The van der Waals surface area contributed by atoms with Gasteiger partial charge in [0.2, 0.25) is 0 Å². The Hall–Kier alpha value is -1.71. The lowest BCUT2D eigenvalue weighted by Crippen LogP contribution is -2.12. The molecule has 1 N–H and O–H groups in total. The molecule has 0 atom stereocenters. The summed E-state index contributed by atoms with van der Waals surface area (Å²) in [6.45, 7) is 6.22. The molecular weight excluding hydrogens is 298 g/mol. The topological polar surface area (TPSA) is 30.5 Å². The molecule has 0 spiro atoms. The van der Waals surface area contributed by atoms with E-state index in [9.17, 15) is 0 Å². The van der Waals surface area contributed by atoms with E-state index in [4.69, 9.17) is 21.1 Å². The lowest BCUT2D eigenvalue weighted by molar-refractivity contribution is 0.284. The van der Waals surface area contributed by atoms with Crippen LogP contribution in [0, 0.1) is 6.92 Å². The summed E-state index contributed by atoms with van der Waals surface area (Å²) in [5.41, 5.74) is 3.34. The number of aryl methyl sites for hydroxylation is 1. The van der Waals surface area contributed by atoms with Crippen LogP contribution >= 0.6 is 11.6 Å². The fourth-order valence-corrected chi connectivity index (χ4v) is 2.43. The molecular formula is C18H22ClNO2. The number of halogens is 1. The predicted molar refractivity (Wildman–Crippen MR) is 90.9 cm³/mol. The van der Waals surface area contributed by atoms with Crippen LogP contribution in [0.25, 0.3) is 0 Å². The number of hydrogen-bond acceptors (Lipinski definition) is 3. The molecule has 0 heterocycles. The minimum absolute atomic E-state index is 0.487. The maximum atomic E-state index is 6.33. The first-order chi connectivity index (χ1) is 10.6. The summed E-state index contributed by atoms with van der Waals surface area (Å²) in [5, 5.41) is 3.94. The van der Waals surface area contributed by atoms with Crippen LogP contribution in [-0.2, 0) is 13.2 Å². The second-order valence-electron chi connectivity index (χ2n) is 5.15. The average Bonchev–Trinajstić information content (AvgIpc) is 2.52. The summed E-state index contributed by atoms with van der Waals surface area (Å²) in [7, 11) is 1.64. The van der Waals surface area contributed by atoms with Gasteiger partial charge in [-0.2, -0.15) is 0 Å². The van der Waals surface area contributed by atoms with Crippen LogP contribution < -0.4 is 14.8 Å². The van der Waals surface area contributed by atoms with E-state index in [0.717, 1.165) is 17.7 Å². The molecule has 0 unspecified atom stereocenters. The first kappa shape index (κ1) is 16.7. The maximum Gasteiger partial charge on any atom is 0.163 e. The van der Waals surface area contributed by atoms with Crippen LogP contribution in [0.4, 0.5) is 0 Å². The maximum absolute atomic E-state index is 6.33. The van der Waals surface area contributed by atoms with Gasteiger partial charge in [-0.3, -0.25) is 0 Å². The third-order valence-electron chi connectivity index (χ3n) is 3.37. The molecule has 0 aliphatic rings. The van der Waals surface area contributed by atoms with Crippen LogP contribution in [0.5, 0.6) is 11.5 Å². The Labute approximate surface area is 137 Å². The molecule has 2 aromatic rings. The van der Waals surface area contributed by atoms with Gasteiger partial charge in [-0.1, -0.05) is 48.4 Å². The highest BCUT2D eigenvalue weighted by atomic mass is 35.5. The molecule has 0 radical (unpaired) electrons. The number of ether oxygens (including phenoxy) is 2. The number of rotatable bonds is 7. The van der Waals surface area contributed by atoms with Gasteiger partial charge in [-0.05, 0) is 30.7 Å². The summed E-state index contributed by atoms with van der Waals surface area (Å²) >= 11 is 6.33. The Balaban J connectivity index is 2.14. The Bertz CT molecular complexity index is 628. The lowest BCUT2D eigenvalue weighted by Gasteiger charge is -2.14. The Kier molecular flexibility index (Phi) is 6.10. The molecule has 2 aromatic carbocycles. The molecule has 2 rings (SSSR count). The zero-order chi connectivity index (χ0) is 15.9. The molecule has 0 saturated heterocycles. The number of benzene rings is 2.